The monoisotopic (exact) mass is 371 g/mol. The van der Waals surface area contributed by atoms with Gasteiger partial charge in [0.2, 0.25) is 10.0 Å². The molecule has 0 amide bonds. The molecule has 106 valence electrons. The summed E-state index contributed by atoms with van der Waals surface area (Å²) in [5.74, 6) is -1.93. The number of nitrogens with one attached hydrogen (secondary N) is 1. The van der Waals surface area contributed by atoms with E-state index in [0.29, 0.717) is 6.07 Å². The van der Waals surface area contributed by atoms with Gasteiger partial charge in [-0.1, -0.05) is 0 Å². The van der Waals surface area contributed by atoms with Crippen LogP contribution in [0.5, 0.6) is 0 Å². The Hall–Kier alpha value is -0.180. The molecule has 1 fully saturated rings. The Morgan fingerprint density at radius 2 is 2.05 bits per heavy atom. The van der Waals surface area contributed by atoms with E-state index in [4.69, 9.17) is 0 Å². The Morgan fingerprint density at radius 3 is 2.53 bits per heavy atom. The molecule has 0 atom stereocenters. The molecule has 1 aromatic carbocycles. The highest BCUT2D eigenvalue weighted by molar-refractivity contribution is 9.10. The van der Waals surface area contributed by atoms with Gasteiger partial charge >= 0.3 is 0 Å². The van der Waals surface area contributed by atoms with Crippen LogP contribution in [0.1, 0.15) is 12.8 Å². The van der Waals surface area contributed by atoms with E-state index in [2.05, 4.69) is 20.7 Å². The molecule has 2 rings (SSSR count). The first kappa shape index (κ1) is 15.2. The minimum Gasteiger partial charge on any atom is -0.210 e. The molecule has 1 N–H and O–H groups in total. The fraction of sp³-hybridized carbons (Fsp3) is 0.455. The van der Waals surface area contributed by atoms with Gasteiger partial charge in [0.25, 0.3) is 0 Å². The number of sulfonamides is 1. The summed E-state index contributed by atoms with van der Waals surface area (Å²) in [6.07, 6.45) is 3.78. The van der Waals surface area contributed by atoms with Gasteiger partial charge in [0.1, 0.15) is 16.5 Å². The van der Waals surface area contributed by atoms with Crippen molar-refractivity contribution in [2.24, 2.45) is 0 Å². The highest BCUT2D eigenvalue weighted by Gasteiger charge is 2.42. The SMILES string of the molecule is CSC1(CNS(=O)(=O)c2c(F)cc(F)cc2Br)CC1. The number of halogens is 3. The smallest absolute Gasteiger partial charge is 0.210 e. The van der Waals surface area contributed by atoms with Crippen molar-refractivity contribution < 1.29 is 17.2 Å². The van der Waals surface area contributed by atoms with Crippen LogP contribution < -0.4 is 4.72 Å². The zero-order valence-corrected chi connectivity index (χ0v) is 13.3. The van der Waals surface area contributed by atoms with Crippen LogP contribution in [0.25, 0.3) is 0 Å². The van der Waals surface area contributed by atoms with E-state index in [-0.39, 0.29) is 15.8 Å². The zero-order valence-electron chi connectivity index (χ0n) is 10.0. The molecule has 0 heterocycles. The fourth-order valence-corrected chi connectivity index (χ4v) is 4.78. The van der Waals surface area contributed by atoms with Crippen LogP contribution in [0.4, 0.5) is 8.78 Å². The minimum absolute atomic E-state index is 0.0734. The molecule has 1 saturated carbocycles. The van der Waals surface area contributed by atoms with Gasteiger partial charge in [-0.05, 0) is 41.1 Å². The van der Waals surface area contributed by atoms with Crippen LogP contribution in [0.15, 0.2) is 21.5 Å². The topological polar surface area (TPSA) is 46.2 Å². The number of rotatable bonds is 5. The molecule has 0 aliphatic heterocycles. The number of hydrogen-bond donors (Lipinski definition) is 1. The lowest BCUT2D eigenvalue weighted by atomic mass is 10.3. The number of benzene rings is 1. The molecule has 0 saturated heterocycles. The molecule has 19 heavy (non-hydrogen) atoms. The largest absolute Gasteiger partial charge is 0.244 e. The van der Waals surface area contributed by atoms with Gasteiger partial charge in [0.15, 0.2) is 0 Å². The molecule has 0 unspecified atom stereocenters. The number of thioether (sulfide) groups is 1. The van der Waals surface area contributed by atoms with Crippen LogP contribution in [-0.4, -0.2) is 26.0 Å². The third-order valence-electron chi connectivity index (χ3n) is 3.06. The molecule has 1 aliphatic carbocycles. The van der Waals surface area contributed by atoms with Gasteiger partial charge in [-0.2, -0.15) is 11.8 Å². The molecule has 0 radical (unpaired) electrons. The highest BCUT2D eigenvalue weighted by Crippen LogP contribution is 2.46. The van der Waals surface area contributed by atoms with Crippen molar-refractivity contribution in [2.75, 3.05) is 12.8 Å². The van der Waals surface area contributed by atoms with E-state index < -0.39 is 26.6 Å². The van der Waals surface area contributed by atoms with E-state index in [1.54, 1.807) is 11.8 Å². The summed E-state index contributed by atoms with van der Waals surface area (Å²) in [5.41, 5.74) is 0. The normalized spacial score (nSPS) is 17.5. The Morgan fingerprint density at radius 1 is 1.42 bits per heavy atom. The van der Waals surface area contributed by atoms with E-state index in [0.717, 1.165) is 18.9 Å². The lowest BCUT2D eigenvalue weighted by Gasteiger charge is -2.14. The predicted molar refractivity (Wildman–Crippen MR) is 74.7 cm³/mol. The van der Waals surface area contributed by atoms with Crippen molar-refractivity contribution in [3.8, 4) is 0 Å². The Labute approximate surface area is 123 Å². The Bertz CT molecular complexity index is 580. The van der Waals surface area contributed by atoms with Gasteiger partial charge in [-0.15, -0.1) is 0 Å². The molecule has 8 heteroatoms. The van der Waals surface area contributed by atoms with Crippen molar-refractivity contribution in [1.82, 2.24) is 4.72 Å². The lowest BCUT2D eigenvalue weighted by Crippen LogP contribution is -2.32. The van der Waals surface area contributed by atoms with Gasteiger partial charge in [-0.3, -0.25) is 0 Å². The average Bonchev–Trinajstić information content (AvgIpc) is 3.05. The van der Waals surface area contributed by atoms with Crippen LogP contribution in [0.3, 0.4) is 0 Å². The quantitative estimate of drug-likeness (QED) is 0.865. The lowest BCUT2D eigenvalue weighted by molar-refractivity contribution is 0.540. The van der Waals surface area contributed by atoms with Crippen molar-refractivity contribution in [1.29, 1.82) is 0 Å². The molecule has 0 spiro atoms. The van der Waals surface area contributed by atoms with Crippen molar-refractivity contribution >= 4 is 37.7 Å². The van der Waals surface area contributed by atoms with Gasteiger partial charge in [0, 0.05) is 21.8 Å². The van der Waals surface area contributed by atoms with Crippen LogP contribution in [-0.2, 0) is 10.0 Å². The van der Waals surface area contributed by atoms with Crippen molar-refractivity contribution in [3.05, 3.63) is 28.2 Å². The van der Waals surface area contributed by atoms with Crippen LogP contribution >= 0.6 is 27.7 Å². The highest BCUT2D eigenvalue weighted by atomic mass is 79.9. The molecule has 3 nitrogen and oxygen atoms in total. The van der Waals surface area contributed by atoms with E-state index >= 15 is 0 Å². The third kappa shape index (κ3) is 3.29. The Balaban J connectivity index is 2.25. The summed E-state index contributed by atoms with van der Waals surface area (Å²) in [6, 6.07) is 1.49. The molecule has 0 aromatic heterocycles. The maximum atomic E-state index is 13.6. The van der Waals surface area contributed by atoms with E-state index in [1.807, 2.05) is 6.26 Å². The fourth-order valence-electron chi connectivity index (χ4n) is 1.68. The van der Waals surface area contributed by atoms with Crippen molar-refractivity contribution in [3.63, 3.8) is 0 Å². The summed E-state index contributed by atoms with van der Waals surface area (Å²) in [5, 5.41) is 0. The van der Waals surface area contributed by atoms with Crippen molar-refractivity contribution in [2.45, 2.75) is 22.5 Å². The first-order valence-electron chi connectivity index (χ1n) is 5.49. The summed E-state index contributed by atoms with van der Waals surface area (Å²) >= 11 is 4.48. The molecule has 0 bridgehead atoms. The van der Waals surface area contributed by atoms with Gasteiger partial charge in [-0.25, -0.2) is 21.9 Å². The first-order chi connectivity index (χ1) is 8.80. The first-order valence-corrected chi connectivity index (χ1v) is 8.99. The standard InChI is InChI=1S/C11H12BrF2NO2S2/c1-18-11(2-3-11)6-15-19(16,17)10-8(12)4-7(13)5-9(10)14/h4-5,15H,2-3,6H2,1H3. The van der Waals surface area contributed by atoms with Gasteiger partial charge in [0.05, 0.1) is 0 Å². The van der Waals surface area contributed by atoms with E-state index in [9.17, 15) is 17.2 Å². The summed E-state index contributed by atoms with van der Waals surface area (Å²) in [6.45, 7) is 0.250. The summed E-state index contributed by atoms with van der Waals surface area (Å²) in [4.78, 5) is -0.550. The second-order valence-corrected chi connectivity index (χ2v) is 8.24. The second kappa shape index (κ2) is 5.31. The van der Waals surface area contributed by atoms with Crippen LogP contribution in [0, 0.1) is 11.6 Å². The molecule has 1 aromatic rings. The van der Waals surface area contributed by atoms with Crippen LogP contribution in [0.2, 0.25) is 0 Å². The summed E-state index contributed by atoms with van der Waals surface area (Å²) in [7, 11) is -3.99. The number of hydrogen-bond acceptors (Lipinski definition) is 3. The minimum atomic E-state index is -3.99. The zero-order chi connectivity index (χ0) is 14.3. The average molecular weight is 372 g/mol. The van der Waals surface area contributed by atoms with E-state index in [1.165, 1.54) is 0 Å². The predicted octanol–water partition coefficient (Wildman–Crippen LogP) is 2.90. The molecular weight excluding hydrogens is 360 g/mol. The Kier molecular flexibility index (Phi) is 4.25. The summed E-state index contributed by atoms with van der Waals surface area (Å²) < 4.78 is 52.9. The van der Waals surface area contributed by atoms with Gasteiger partial charge < -0.3 is 0 Å². The molecule has 1 aliphatic rings. The second-order valence-electron chi connectivity index (χ2n) is 4.41. The third-order valence-corrected chi connectivity index (χ3v) is 6.84. The maximum absolute atomic E-state index is 13.6. The maximum Gasteiger partial charge on any atom is 0.244 e. The molecular formula is C11H12BrF2NO2S2.